The third kappa shape index (κ3) is 25.0. The lowest BCUT2D eigenvalue weighted by Crippen LogP contribution is -2.50. The van der Waals surface area contributed by atoms with Crippen molar-refractivity contribution in [1.29, 1.82) is 0 Å². The van der Waals surface area contributed by atoms with Crippen molar-refractivity contribution in [3.8, 4) is 0 Å². The second-order valence-electron chi connectivity index (χ2n) is 17.5. The SMILES string of the molecule is CC1(C(=O)O)C=CC=C(C(=O)O)C1.CCCCCCCC/C=C\CCCCCCCC(=O)C1(N)CN(CC)C(CCCCCCCCCCCCCCCCCC)=N1. The van der Waals surface area contributed by atoms with Crippen LogP contribution in [0.25, 0.3) is 0 Å². The van der Waals surface area contributed by atoms with Gasteiger partial charge in [-0.05, 0) is 58.8 Å². The fourth-order valence-corrected chi connectivity index (χ4v) is 7.97. The molecule has 0 aromatic rings. The molecule has 58 heavy (non-hydrogen) atoms. The van der Waals surface area contributed by atoms with Crippen LogP contribution in [0.3, 0.4) is 0 Å². The summed E-state index contributed by atoms with van der Waals surface area (Å²) in [4.78, 5) is 41.5. The molecule has 2 rings (SSSR count). The Morgan fingerprint density at radius 2 is 1.10 bits per heavy atom. The number of aliphatic carboxylic acids is 2. The third-order valence-corrected chi connectivity index (χ3v) is 12.0. The van der Waals surface area contributed by atoms with Crippen molar-refractivity contribution < 1.29 is 24.6 Å². The van der Waals surface area contributed by atoms with Gasteiger partial charge >= 0.3 is 11.9 Å². The summed E-state index contributed by atoms with van der Waals surface area (Å²) in [6.45, 7) is 9.69. The fraction of sp³-hybridized carbons (Fsp3) is 0.800. The molecule has 0 amide bonds. The summed E-state index contributed by atoms with van der Waals surface area (Å²) in [7, 11) is 0. The number of carbonyl (C=O) groups excluding carboxylic acids is 1. The standard InChI is InChI=1S/C41H79N3O.C9H10O4/c1-4-7-9-11-13-15-17-19-21-23-25-27-29-31-33-35-37-40-43-41(42,38-44(40)6-3)39(45)36-34-32-30-28-26-24-22-20-18-16-14-12-10-8-5-2;1-9(8(12)13)4-2-3-6(5-9)7(10)11/h20,22H,4-19,21,23-38,42H2,1-3H3;2-4H,5H2,1H3,(H,10,11)(H,12,13)/b22-20-;. The Balaban J connectivity index is 0.00000109. The number of allylic oxidation sites excluding steroid dienone is 4. The van der Waals surface area contributed by atoms with Gasteiger partial charge in [0.1, 0.15) is 5.84 Å². The molecule has 1 aliphatic carbocycles. The number of Topliss-reactive ketones (excluding diaryl/α,β-unsaturated/α-hetero) is 1. The number of nitrogens with two attached hydrogens (primary N) is 1. The van der Waals surface area contributed by atoms with E-state index in [0.717, 1.165) is 38.1 Å². The van der Waals surface area contributed by atoms with Gasteiger partial charge in [-0.25, -0.2) is 9.79 Å². The van der Waals surface area contributed by atoms with Crippen LogP contribution in [0.4, 0.5) is 0 Å². The molecule has 8 nitrogen and oxygen atoms in total. The van der Waals surface area contributed by atoms with Gasteiger partial charge in [-0.3, -0.25) is 15.3 Å². The molecular formula is C50H89N3O5. The first-order chi connectivity index (χ1) is 28.0. The normalized spacial score (nSPS) is 18.9. The van der Waals surface area contributed by atoms with Crippen LogP contribution in [0.5, 0.6) is 0 Å². The van der Waals surface area contributed by atoms with Crippen molar-refractivity contribution in [1.82, 2.24) is 4.90 Å². The summed E-state index contributed by atoms with van der Waals surface area (Å²) in [5.74, 6) is -0.851. The quantitative estimate of drug-likeness (QED) is 0.0424. The van der Waals surface area contributed by atoms with Gasteiger partial charge in [-0.15, -0.1) is 0 Å². The average molecular weight is 812 g/mol. The molecule has 0 aromatic heterocycles. The number of carbonyl (C=O) groups is 3. The van der Waals surface area contributed by atoms with Gasteiger partial charge in [0.2, 0.25) is 0 Å². The topological polar surface area (TPSA) is 133 Å². The number of hydrogen-bond acceptors (Lipinski definition) is 6. The maximum absolute atomic E-state index is 13.1. The van der Waals surface area contributed by atoms with Crippen LogP contribution in [0, 0.1) is 5.41 Å². The smallest absolute Gasteiger partial charge is 0.331 e. The summed E-state index contributed by atoms with van der Waals surface area (Å²) >= 11 is 0. The maximum Gasteiger partial charge on any atom is 0.331 e. The number of amidine groups is 1. The average Bonchev–Trinajstić information content (AvgIpc) is 3.55. The highest BCUT2D eigenvalue weighted by atomic mass is 16.4. The van der Waals surface area contributed by atoms with Crippen LogP contribution in [-0.4, -0.2) is 57.4 Å². The highest BCUT2D eigenvalue weighted by Crippen LogP contribution is 2.31. The van der Waals surface area contributed by atoms with E-state index in [1.807, 2.05) is 0 Å². The van der Waals surface area contributed by atoms with E-state index in [1.54, 1.807) is 0 Å². The molecule has 2 atom stereocenters. The minimum Gasteiger partial charge on any atom is -0.481 e. The summed E-state index contributed by atoms with van der Waals surface area (Å²) in [6, 6.07) is 0. The summed E-state index contributed by atoms with van der Waals surface area (Å²) in [5.41, 5.74) is 4.63. The van der Waals surface area contributed by atoms with Crippen molar-refractivity contribution in [3.63, 3.8) is 0 Å². The number of nitrogens with zero attached hydrogens (tertiary/aromatic N) is 2. The lowest BCUT2D eigenvalue weighted by molar-refractivity contribution is -0.145. The second-order valence-corrected chi connectivity index (χ2v) is 17.5. The Bertz CT molecular complexity index is 1230. The molecule has 1 heterocycles. The fourth-order valence-electron chi connectivity index (χ4n) is 7.97. The Morgan fingerprint density at radius 3 is 1.53 bits per heavy atom. The third-order valence-electron chi connectivity index (χ3n) is 12.0. The highest BCUT2D eigenvalue weighted by Gasteiger charge is 2.40. The molecule has 4 N–H and O–H groups in total. The molecule has 2 unspecified atom stereocenters. The zero-order valence-electron chi connectivity index (χ0n) is 38.0. The van der Waals surface area contributed by atoms with E-state index in [4.69, 9.17) is 20.9 Å². The Hall–Kier alpha value is -2.74. The van der Waals surface area contributed by atoms with Crippen LogP contribution < -0.4 is 5.73 Å². The first kappa shape index (κ1) is 53.3. The number of carboxylic acids is 2. The number of hydrogen-bond donors (Lipinski definition) is 3. The van der Waals surface area contributed by atoms with Crippen LogP contribution in [0.1, 0.15) is 233 Å². The van der Waals surface area contributed by atoms with E-state index < -0.39 is 23.0 Å². The molecule has 0 radical (unpaired) electrons. The van der Waals surface area contributed by atoms with E-state index in [2.05, 4.69) is 37.8 Å². The molecule has 334 valence electrons. The van der Waals surface area contributed by atoms with E-state index in [9.17, 15) is 14.4 Å². The Labute approximate surface area is 356 Å². The van der Waals surface area contributed by atoms with Gasteiger partial charge in [0.15, 0.2) is 11.4 Å². The van der Waals surface area contributed by atoms with Gasteiger partial charge in [0, 0.05) is 25.0 Å². The van der Waals surface area contributed by atoms with Crippen molar-refractivity contribution in [2.45, 2.75) is 239 Å². The molecule has 0 fully saturated rings. The van der Waals surface area contributed by atoms with Crippen LogP contribution in [0.2, 0.25) is 0 Å². The van der Waals surface area contributed by atoms with Crippen LogP contribution in [0.15, 0.2) is 40.9 Å². The van der Waals surface area contributed by atoms with E-state index in [-0.39, 0.29) is 17.8 Å². The van der Waals surface area contributed by atoms with E-state index in [1.165, 1.54) is 192 Å². The second kappa shape index (κ2) is 34.0. The number of carboxylic acid groups (broad SMARTS) is 2. The molecule has 1 aliphatic heterocycles. The summed E-state index contributed by atoms with van der Waals surface area (Å²) < 4.78 is 0. The Kier molecular flexibility index (Phi) is 31.3. The maximum atomic E-state index is 13.1. The predicted molar refractivity (Wildman–Crippen MR) is 245 cm³/mol. The molecule has 0 spiro atoms. The van der Waals surface area contributed by atoms with Gasteiger partial charge in [-0.2, -0.15) is 0 Å². The lowest BCUT2D eigenvalue weighted by Gasteiger charge is -2.23. The molecule has 0 saturated carbocycles. The first-order valence-corrected chi connectivity index (χ1v) is 24.2. The van der Waals surface area contributed by atoms with Gasteiger partial charge in [0.25, 0.3) is 0 Å². The molecular weight excluding hydrogens is 723 g/mol. The Morgan fingerprint density at radius 1 is 0.672 bits per heavy atom. The molecule has 0 bridgehead atoms. The first-order valence-electron chi connectivity index (χ1n) is 24.2. The molecule has 2 aliphatic rings. The van der Waals surface area contributed by atoms with Crippen molar-refractivity contribution >= 4 is 23.6 Å². The van der Waals surface area contributed by atoms with Crippen molar-refractivity contribution in [2.75, 3.05) is 13.1 Å². The van der Waals surface area contributed by atoms with Crippen molar-refractivity contribution in [3.05, 3.63) is 36.0 Å². The minimum absolute atomic E-state index is 0.0359. The molecule has 8 heteroatoms. The minimum atomic E-state index is -1.08. The van der Waals surface area contributed by atoms with Crippen LogP contribution >= 0.6 is 0 Å². The predicted octanol–water partition coefficient (Wildman–Crippen LogP) is 13.7. The van der Waals surface area contributed by atoms with E-state index >= 15 is 0 Å². The number of unbranched alkanes of at least 4 members (excludes halogenated alkanes) is 26. The van der Waals surface area contributed by atoms with Crippen LogP contribution in [-0.2, 0) is 14.4 Å². The number of aliphatic imine (C=N–C) groups is 1. The largest absolute Gasteiger partial charge is 0.481 e. The zero-order chi connectivity index (χ0) is 42.7. The monoisotopic (exact) mass is 812 g/mol. The summed E-state index contributed by atoms with van der Waals surface area (Å²) in [5, 5.41) is 17.5. The molecule has 0 aromatic carbocycles. The molecule has 0 saturated heterocycles. The number of ketones is 1. The zero-order valence-corrected chi connectivity index (χ0v) is 38.0. The number of rotatable bonds is 36. The van der Waals surface area contributed by atoms with Gasteiger partial charge < -0.3 is 15.1 Å². The van der Waals surface area contributed by atoms with Gasteiger partial charge in [-0.1, -0.05) is 192 Å². The lowest BCUT2D eigenvalue weighted by atomic mass is 9.80. The number of likely N-dealkylation sites (N-methyl/N-ethyl adjacent to an activating group) is 1. The van der Waals surface area contributed by atoms with E-state index in [0.29, 0.717) is 13.0 Å². The van der Waals surface area contributed by atoms with Crippen molar-refractivity contribution in [2.24, 2.45) is 16.1 Å². The highest BCUT2D eigenvalue weighted by molar-refractivity contribution is 5.95. The summed E-state index contributed by atoms with van der Waals surface area (Å²) in [6.07, 6.45) is 49.4. The van der Waals surface area contributed by atoms with Gasteiger partial charge in [0.05, 0.1) is 12.0 Å².